The fourth-order valence-electron chi connectivity index (χ4n) is 3.03. The molecule has 0 radical (unpaired) electrons. The van der Waals surface area contributed by atoms with Gasteiger partial charge in [0.2, 0.25) is 0 Å². The average Bonchev–Trinajstić information content (AvgIpc) is 2.64. The predicted molar refractivity (Wildman–Crippen MR) is 86.4 cm³/mol. The van der Waals surface area contributed by atoms with E-state index >= 15 is 0 Å². The van der Waals surface area contributed by atoms with E-state index < -0.39 is 0 Å². The molecule has 1 saturated heterocycles. The van der Waals surface area contributed by atoms with Gasteiger partial charge in [-0.2, -0.15) is 0 Å². The molecular formula is C16H25BrN2. The van der Waals surface area contributed by atoms with Crippen LogP contribution in [0.1, 0.15) is 38.7 Å². The predicted octanol–water partition coefficient (Wildman–Crippen LogP) is 4.17. The second-order valence-electron chi connectivity index (χ2n) is 5.90. The first kappa shape index (κ1) is 14.9. The van der Waals surface area contributed by atoms with Gasteiger partial charge in [-0.05, 0) is 48.8 Å². The SMILES string of the molecule is CC(C)C1CCCN(c2cc(Br)ccc2CN)CC1. The van der Waals surface area contributed by atoms with Crippen LogP contribution in [0.3, 0.4) is 0 Å². The molecule has 0 amide bonds. The fraction of sp³-hybridized carbons (Fsp3) is 0.625. The first-order valence-corrected chi connectivity index (χ1v) is 8.14. The number of nitrogens with zero attached hydrogens (tertiary/aromatic N) is 1. The number of halogens is 1. The standard InChI is InChI=1S/C16H25BrN2/c1-12(2)13-4-3-8-19(9-7-13)16-10-15(17)6-5-14(16)11-18/h5-6,10,12-13H,3-4,7-9,11,18H2,1-2H3. The molecule has 1 aromatic rings. The Morgan fingerprint density at radius 1 is 1.32 bits per heavy atom. The number of hydrogen-bond acceptors (Lipinski definition) is 2. The van der Waals surface area contributed by atoms with Crippen LogP contribution in [-0.4, -0.2) is 13.1 Å². The fourth-order valence-corrected chi connectivity index (χ4v) is 3.38. The molecule has 1 atom stereocenters. The Hall–Kier alpha value is -0.540. The summed E-state index contributed by atoms with van der Waals surface area (Å²) in [4.78, 5) is 2.52. The van der Waals surface area contributed by atoms with Crippen molar-refractivity contribution in [3.63, 3.8) is 0 Å². The summed E-state index contributed by atoms with van der Waals surface area (Å²) in [6.07, 6.45) is 3.95. The number of hydrogen-bond donors (Lipinski definition) is 1. The molecule has 106 valence electrons. The van der Waals surface area contributed by atoms with Crippen molar-refractivity contribution in [2.75, 3.05) is 18.0 Å². The minimum Gasteiger partial charge on any atom is -0.371 e. The first-order chi connectivity index (χ1) is 9.11. The van der Waals surface area contributed by atoms with Gasteiger partial charge in [0.05, 0.1) is 0 Å². The molecule has 1 unspecified atom stereocenters. The van der Waals surface area contributed by atoms with Crippen LogP contribution in [0.25, 0.3) is 0 Å². The van der Waals surface area contributed by atoms with Crippen molar-refractivity contribution in [2.45, 2.75) is 39.7 Å². The molecule has 2 nitrogen and oxygen atoms in total. The van der Waals surface area contributed by atoms with E-state index in [9.17, 15) is 0 Å². The largest absolute Gasteiger partial charge is 0.371 e. The lowest BCUT2D eigenvalue weighted by molar-refractivity contribution is 0.351. The normalized spacial score (nSPS) is 20.7. The van der Waals surface area contributed by atoms with Gasteiger partial charge in [0.25, 0.3) is 0 Å². The minimum absolute atomic E-state index is 0.618. The van der Waals surface area contributed by atoms with E-state index in [-0.39, 0.29) is 0 Å². The summed E-state index contributed by atoms with van der Waals surface area (Å²) in [6, 6.07) is 6.45. The Morgan fingerprint density at radius 3 is 2.79 bits per heavy atom. The highest BCUT2D eigenvalue weighted by atomic mass is 79.9. The topological polar surface area (TPSA) is 29.3 Å². The van der Waals surface area contributed by atoms with Gasteiger partial charge in [-0.1, -0.05) is 35.8 Å². The smallest absolute Gasteiger partial charge is 0.0423 e. The minimum atomic E-state index is 0.618. The Balaban J connectivity index is 2.16. The van der Waals surface area contributed by atoms with Crippen LogP contribution < -0.4 is 10.6 Å². The maximum atomic E-state index is 5.88. The van der Waals surface area contributed by atoms with E-state index in [4.69, 9.17) is 5.73 Å². The Bertz CT molecular complexity index is 417. The van der Waals surface area contributed by atoms with Gasteiger partial charge in [-0.3, -0.25) is 0 Å². The lowest BCUT2D eigenvalue weighted by atomic mass is 9.89. The van der Waals surface area contributed by atoms with E-state index in [0.717, 1.165) is 29.4 Å². The molecule has 2 N–H and O–H groups in total. The van der Waals surface area contributed by atoms with Crippen molar-refractivity contribution in [1.29, 1.82) is 0 Å². The zero-order chi connectivity index (χ0) is 13.8. The highest BCUT2D eigenvalue weighted by molar-refractivity contribution is 9.10. The highest BCUT2D eigenvalue weighted by Gasteiger charge is 2.20. The van der Waals surface area contributed by atoms with Crippen molar-refractivity contribution in [3.05, 3.63) is 28.2 Å². The monoisotopic (exact) mass is 324 g/mol. The molecule has 1 aliphatic heterocycles. The molecule has 0 bridgehead atoms. The van der Waals surface area contributed by atoms with Crippen molar-refractivity contribution in [2.24, 2.45) is 17.6 Å². The van der Waals surface area contributed by atoms with Crippen LogP contribution in [-0.2, 0) is 6.54 Å². The maximum absolute atomic E-state index is 5.88. The molecule has 1 aromatic carbocycles. The molecule has 1 aliphatic rings. The molecule has 0 aromatic heterocycles. The van der Waals surface area contributed by atoms with E-state index in [1.54, 1.807) is 0 Å². The third-order valence-corrected chi connectivity index (χ3v) is 4.82. The summed E-state index contributed by atoms with van der Waals surface area (Å²) >= 11 is 3.58. The lowest BCUT2D eigenvalue weighted by Crippen LogP contribution is -2.26. The summed E-state index contributed by atoms with van der Waals surface area (Å²) < 4.78 is 1.14. The first-order valence-electron chi connectivity index (χ1n) is 7.35. The summed E-state index contributed by atoms with van der Waals surface area (Å²) in [6.45, 7) is 7.64. The molecule has 1 heterocycles. The third kappa shape index (κ3) is 3.73. The number of nitrogens with two attached hydrogens (primary N) is 1. The zero-order valence-electron chi connectivity index (χ0n) is 12.0. The molecule has 19 heavy (non-hydrogen) atoms. The zero-order valence-corrected chi connectivity index (χ0v) is 13.6. The van der Waals surface area contributed by atoms with Gasteiger partial charge in [0.15, 0.2) is 0 Å². The quantitative estimate of drug-likeness (QED) is 0.904. The van der Waals surface area contributed by atoms with Crippen LogP contribution in [0.15, 0.2) is 22.7 Å². The Labute approximate surface area is 125 Å². The molecule has 0 saturated carbocycles. The van der Waals surface area contributed by atoms with Gasteiger partial charge in [-0.15, -0.1) is 0 Å². The second kappa shape index (κ2) is 6.76. The van der Waals surface area contributed by atoms with E-state index in [0.29, 0.717) is 6.54 Å². The van der Waals surface area contributed by atoms with E-state index in [1.807, 2.05) is 0 Å². The molecular weight excluding hydrogens is 300 g/mol. The number of anilines is 1. The molecule has 1 fully saturated rings. The second-order valence-corrected chi connectivity index (χ2v) is 6.81. The van der Waals surface area contributed by atoms with Crippen LogP contribution >= 0.6 is 15.9 Å². The van der Waals surface area contributed by atoms with Gasteiger partial charge < -0.3 is 10.6 Å². The Morgan fingerprint density at radius 2 is 2.11 bits per heavy atom. The molecule has 2 rings (SSSR count). The highest BCUT2D eigenvalue weighted by Crippen LogP contribution is 2.30. The van der Waals surface area contributed by atoms with E-state index in [2.05, 4.69) is 52.9 Å². The van der Waals surface area contributed by atoms with Gasteiger partial charge in [0, 0.05) is 29.8 Å². The van der Waals surface area contributed by atoms with Crippen LogP contribution in [0.4, 0.5) is 5.69 Å². The van der Waals surface area contributed by atoms with Gasteiger partial charge in [0.1, 0.15) is 0 Å². The molecule has 0 spiro atoms. The van der Waals surface area contributed by atoms with Gasteiger partial charge >= 0.3 is 0 Å². The summed E-state index contributed by atoms with van der Waals surface area (Å²) in [7, 11) is 0. The summed E-state index contributed by atoms with van der Waals surface area (Å²) in [5, 5.41) is 0. The van der Waals surface area contributed by atoms with Crippen molar-refractivity contribution in [3.8, 4) is 0 Å². The van der Waals surface area contributed by atoms with Gasteiger partial charge in [-0.25, -0.2) is 0 Å². The van der Waals surface area contributed by atoms with Crippen LogP contribution in [0.5, 0.6) is 0 Å². The number of rotatable bonds is 3. The average molecular weight is 325 g/mol. The molecule has 3 heteroatoms. The molecule has 0 aliphatic carbocycles. The summed E-state index contributed by atoms with van der Waals surface area (Å²) in [5.74, 6) is 1.68. The van der Waals surface area contributed by atoms with E-state index in [1.165, 1.54) is 30.5 Å². The van der Waals surface area contributed by atoms with Crippen LogP contribution in [0, 0.1) is 11.8 Å². The maximum Gasteiger partial charge on any atom is 0.0423 e. The Kier molecular flexibility index (Phi) is 5.28. The van der Waals surface area contributed by atoms with Crippen molar-refractivity contribution < 1.29 is 0 Å². The van der Waals surface area contributed by atoms with Crippen molar-refractivity contribution >= 4 is 21.6 Å². The summed E-state index contributed by atoms with van der Waals surface area (Å²) in [5.41, 5.74) is 8.46. The number of benzene rings is 1. The van der Waals surface area contributed by atoms with Crippen molar-refractivity contribution in [1.82, 2.24) is 0 Å². The van der Waals surface area contributed by atoms with Crippen LogP contribution in [0.2, 0.25) is 0 Å². The lowest BCUT2D eigenvalue weighted by Gasteiger charge is -2.26. The third-order valence-electron chi connectivity index (χ3n) is 4.32.